The number of aliphatic hydroxyl groups excluding tert-OH is 1. The Morgan fingerprint density at radius 3 is 2.86 bits per heavy atom. The topological polar surface area (TPSA) is 99.9 Å². The summed E-state index contributed by atoms with van der Waals surface area (Å²) in [4.78, 5) is 17.6. The minimum Gasteiger partial charge on any atom is -0.395 e. The number of hydrogen-bond acceptors (Lipinski definition) is 6. The summed E-state index contributed by atoms with van der Waals surface area (Å²) >= 11 is 0. The van der Waals surface area contributed by atoms with Gasteiger partial charge in [0.15, 0.2) is 5.82 Å². The number of tetrazole rings is 1. The third-order valence-electron chi connectivity index (χ3n) is 5.49. The van der Waals surface area contributed by atoms with Gasteiger partial charge in [-0.1, -0.05) is 25.0 Å². The molecule has 1 aliphatic carbocycles. The molecule has 28 heavy (non-hydrogen) atoms. The number of H-pyrrole nitrogens is 1. The van der Waals surface area contributed by atoms with E-state index in [1.54, 1.807) is 0 Å². The maximum atomic E-state index is 12.6. The van der Waals surface area contributed by atoms with Crippen LogP contribution in [-0.2, 0) is 13.1 Å². The number of aromatic amines is 1. The van der Waals surface area contributed by atoms with Gasteiger partial charge in [0.2, 0.25) is 0 Å². The molecule has 1 aromatic carbocycles. The van der Waals surface area contributed by atoms with Gasteiger partial charge in [0.1, 0.15) is 0 Å². The first kappa shape index (κ1) is 18.8. The standard InChI is InChI=1S/C20H26N6O2/c1-14-6-7-15-11-16(20(28)21-18(15)10-14)12-25(8-9-27)13-19-22-23-24-26(19)17-4-2-3-5-17/h6-7,10-11,17,27H,2-5,8-9,12-13H2,1H3,(H,21,28). The SMILES string of the molecule is Cc1ccc2cc(CN(CCO)Cc3nnnn3C3CCCC3)c(=O)[nH]c2c1. The Morgan fingerprint density at radius 2 is 2.07 bits per heavy atom. The Labute approximate surface area is 163 Å². The molecule has 8 nitrogen and oxygen atoms in total. The van der Waals surface area contributed by atoms with E-state index in [2.05, 4.69) is 20.5 Å². The molecule has 2 heterocycles. The Balaban J connectivity index is 1.57. The Hall–Kier alpha value is -2.58. The molecule has 1 aliphatic rings. The summed E-state index contributed by atoms with van der Waals surface area (Å²) in [7, 11) is 0. The number of nitrogens with zero attached hydrogens (tertiary/aromatic N) is 5. The molecular weight excluding hydrogens is 356 g/mol. The highest BCUT2D eigenvalue weighted by Crippen LogP contribution is 2.29. The molecule has 2 aromatic heterocycles. The van der Waals surface area contributed by atoms with E-state index < -0.39 is 0 Å². The number of rotatable bonds is 7. The molecule has 0 saturated heterocycles. The van der Waals surface area contributed by atoms with Crippen molar-refractivity contribution < 1.29 is 5.11 Å². The molecular formula is C20H26N6O2. The van der Waals surface area contributed by atoms with Crippen LogP contribution in [0.4, 0.5) is 0 Å². The Kier molecular flexibility index (Phi) is 5.50. The van der Waals surface area contributed by atoms with Crippen molar-refractivity contribution in [1.29, 1.82) is 0 Å². The van der Waals surface area contributed by atoms with Crippen molar-refractivity contribution in [3.63, 3.8) is 0 Å². The average molecular weight is 382 g/mol. The second-order valence-electron chi connectivity index (χ2n) is 7.63. The van der Waals surface area contributed by atoms with Gasteiger partial charge in [-0.15, -0.1) is 5.10 Å². The lowest BCUT2D eigenvalue weighted by molar-refractivity contribution is 0.177. The summed E-state index contributed by atoms with van der Waals surface area (Å²) in [6, 6.07) is 8.31. The predicted molar refractivity (Wildman–Crippen MR) is 106 cm³/mol. The van der Waals surface area contributed by atoms with Crippen molar-refractivity contribution in [3.8, 4) is 0 Å². The van der Waals surface area contributed by atoms with E-state index in [1.807, 2.05) is 40.8 Å². The number of pyridine rings is 1. The minimum atomic E-state index is -0.101. The summed E-state index contributed by atoms with van der Waals surface area (Å²) in [5.41, 5.74) is 2.52. The highest BCUT2D eigenvalue weighted by molar-refractivity contribution is 5.79. The third kappa shape index (κ3) is 3.98. The van der Waals surface area contributed by atoms with E-state index in [4.69, 9.17) is 0 Å². The van der Waals surface area contributed by atoms with Crippen LogP contribution >= 0.6 is 0 Å². The second-order valence-corrected chi connectivity index (χ2v) is 7.63. The lowest BCUT2D eigenvalue weighted by Gasteiger charge is -2.21. The predicted octanol–water partition coefficient (Wildman–Crippen LogP) is 1.93. The molecule has 0 unspecified atom stereocenters. The monoisotopic (exact) mass is 382 g/mol. The summed E-state index contributed by atoms with van der Waals surface area (Å²) in [6.07, 6.45) is 4.61. The fourth-order valence-corrected chi connectivity index (χ4v) is 4.02. The van der Waals surface area contributed by atoms with Crippen molar-refractivity contribution in [1.82, 2.24) is 30.1 Å². The van der Waals surface area contributed by atoms with Crippen molar-refractivity contribution in [2.24, 2.45) is 0 Å². The number of aromatic nitrogens is 5. The van der Waals surface area contributed by atoms with E-state index in [9.17, 15) is 9.90 Å². The molecule has 3 aromatic rings. The highest BCUT2D eigenvalue weighted by Gasteiger charge is 2.22. The first-order valence-corrected chi connectivity index (χ1v) is 9.86. The van der Waals surface area contributed by atoms with Crippen LogP contribution in [0.2, 0.25) is 0 Å². The highest BCUT2D eigenvalue weighted by atomic mass is 16.3. The summed E-state index contributed by atoms with van der Waals surface area (Å²) in [6.45, 7) is 3.38. The summed E-state index contributed by atoms with van der Waals surface area (Å²) in [5.74, 6) is 0.785. The van der Waals surface area contributed by atoms with Gasteiger partial charge >= 0.3 is 0 Å². The van der Waals surface area contributed by atoms with E-state index in [0.717, 1.165) is 35.1 Å². The number of fused-ring (bicyclic) bond motifs is 1. The minimum absolute atomic E-state index is 0.00960. The van der Waals surface area contributed by atoms with E-state index >= 15 is 0 Å². The molecule has 0 atom stereocenters. The van der Waals surface area contributed by atoms with Gasteiger partial charge in [-0.3, -0.25) is 9.69 Å². The summed E-state index contributed by atoms with van der Waals surface area (Å²) < 4.78 is 1.92. The molecule has 2 N–H and O–H groups in total. The normalized spacial score (nSPS) is 15.1. The second kappa shape index (κ2) is 8.20. The van der Waals surface area contributed by atoms with Crippen molar-refractivity contribution in [2.45, 2.75) is 51.7 Å². The van der Waals surface area contributed by atoms with Crippen LogP contribution in [0, 0.1) is 6.92 Å². The number of hydrogen-bond donors (Lipinski definition) is 2. The van der Waals surface area contributed by atoms with Crippen LogP contribution in [0.3, 0.4) is 0 Å². The van der Waals surface area contributed by atoms with Crippen molar-refractivity contribution >= 4 is 10.9 Å². The number of nitrogens with one attached hydrogen (secondary N) is 1. The Morgan fingerprint density at radius 1 is 1.25 bits per heavy atom. The van der Waals surface area contributed by atoms with Crippen LogP contribution in [0.15, 0.2) is 29.1 Å². The summed E-state index contributed by atoms with van der Waals surface area (Å²) in [5, 5.41) is 22.8. The molecule has 1 saturated carbocycles. The van der Waals surface area contributed by atoms with E-state index in [0.29, 0.717) is 31.2 Å². The van der Waals surface area contributed by atoms with Gasteiger partial charge in [-0.25, -0.2) is 4.68 Å². The van der Waals surface area contributed by atoms with Gasteiger partial charge in [-0.2, -0.15) is 0 Å². The zero-order valence-electron chi connectivity index (χ0n) is 16.1. The number of aryl methyl sites for hydroxylation is 1. The van der Waals surface area contributed by atoms with Crippen LogP contribution < -0.4 is 5.56 Å². The van der Waals surface area contributed by atoms with Gasteiger partial charge in [0, 0.05) is 24.2 Å². The van der Waals surface area contributed by atoms with E-state index in [-0.39, 0.29) is 12.2 Å². The van der Waals surface area contributed by atoms with Crippen LogP contribution in [0.25, 0.3) is 10.9 Å². The zero-order chi connectivity index (χ0) is 19.5. The maximum absolute atomic E-state index is 12.6. The average Bonchev–Trinajstić information content (AvgIpc) is 3.34. The quantitative estimate of drug-likeness (QED) is 0.648. The molecule has 0 bridgehead atoms. The van der Waals surface area contributed by atoms with Crippen molar-refractivity contribution in [3.05, 3.63) is 51.6 Å². The van der Waals surface area contributed by atoms with Gasteiger partial charge in [0.05, 0.1) is 19.2 Å². The number of aliphatic hydroxyl groups is 1. The molecule has 0 aliphatic heterocycles. The lowest BCUT2D eigenvalue weighted by Crippen LogP contribution is -2.30. The molecule has 4 rings (SSSR count). The number of benzene rings is 1. The molecule has 1 fully saturated rings. The van der Waals surface area contributed by atoms with Crippen LogP contribution in [0.5, 0.6) is 0 Å². The molecule has 0 amide bonds. The van der Waals surface area contributed by atoms with E-state index in [1.165, 1.54) is 12.8 Å². The van der Waals surface area contributed by atoms with Crippen LogP contribution in [0.1, 0.15) is 48.7 Å². The van der Waals surface area contributed by atoms with Gasteiger partial charge in [0.25, 0.3) is 5.56 Å². The fraction of sp³-hybridized carbons (Fsp3) is 0.500. The molecule has 0 radical (unpaired) electrons. The molecule has 148 valence electrons. The van der Waals surface area contributed by atoms with Gasteiger partial charge < -0.3 is 10.1 Å². The van der Waals surface area contributed by atoms with Gasteiger partial charge in [-0.05, 0) is 53.3 Å². The lowest BCUT2D eigenvalue weighted by atomic mass is 10.1. The van der Waals surface area contributed by atoms with Crippen molar-refractivity contribution in [2.75, 3.05) is 13.2 Å². The Bertz CT molecular complexity index is 1010. The largest absolute Gasteiger partial charge is 0.395 e. The smallest absolute Gasteiger partial charge is 0.252 e. The fourth-order valence-electron chi connectivity index (χ4n) is 4.02. The first-order chi connectivity index (χ1) is 13.6. The maximum Gasteiger partial charge on any atom is 0.252 e. The molecule has 8 heteroatoms. The molecule has 0 spiro atoms. The third-order valence-corrected chi connectivity index (χ3v) is 5.49. The zero-order valence-corrected chi connectivity index (χ0v) is 16.1. The first-order valence-electron chi connectivity index (χ1n) is 9.86. The van der Waals surface area contributed by atoms with Crippen LogP contribution in [-0.4, -0.2) is 48.3 Å².